The zero-order chi connectivity index (χ0) is 27.3. The van der Waals surface area contributed by atoms with Gasteiger partial charge in [0.15, 0.2) is 0 Å². The third-order valence-electron chi connectivity index (χ3n) is 3.61. The highest BCUT2D eigenvalue weighted by Gasteiger charge is 2.72. The highest BCUT2D eigenvalue weighted by Crippen LogP contribution is 2.51. The van der Waals surface area contributed by atoms with Gasteiger partial charge in [-0.1, -0.05) is 0 Å². The molecule has 0 fully saturated rings. The number of ether oxygens (including phenoxy) is 1. The minimum atomic E-state index is -7.33. The maximum absolute atomic E-state index is 13.3. The van der Waals surface area contributed by atoms with E-state index in [1.807, 2.05) is 0 Å². The number of hydrogen-bond donors (Lipinski definition) is 0. The summed E-state index contributed by atoms with van der Waals surface area (Å²) in [5, 5.41) is 0. The second kappa shape index (κ2) is 8.65. The van der Waals surface area contributed by atoms with Crippen molar-refractivity contribution in [2.45, 2.75) is 73.4 Å². The maximum atomic E-state index is 13.3. The molecule has 200 valence electrons. The molecule has 0 bridgehead atoms. The van der Waals surface area contributed by atoms with Crippen LogP contribution in [0.2, 0.25) is 0 Å². The Hall–Kier alpha value is -1.44. The largest absolute Gasteiger partial charge is 0.456 e. The van der Waals surface area contributed by atoms with Crippen molar-refractivity contribution < 1.29 is 92.5 Å². The van der Waals surface area contributed by atoms with Gasteiger partial charge in [0.1, 0.15) is 12.2 Å². The van der Waals surface area contributed by atoms with Crippen molar-refractivity contribution >= 4 is 0 Å². The van der Waals surface area contributed by atoms with E-state index in [9.17, 15) is 87.8 Å². The molecule has 1 nitrogen and oxygen atoms in total. The molecule has 0 aliphatic heterocycles. The molecule has 21 heteroatoms. The lowest BCUT2D eigenvalue weighted by Crippen LogP contribution is -2.58. The second-order valence-electron chi connectivity index (χ2n) is 6.17. The molecule has 0 aromatic carbocycles. The van der Waals surface area contributed by atoms with Crippen molar-refractivity contribution in [3.63, 3.8) is 0 Å². The third-order valence-corrected chi connectivity index (χ3v) is 3.61. The van der Waals surface area contributed by atoms with Crippen LogP contribution < -0.4 is 0 Å². The van der Waals surface area contributed by atoms with Crippen LogP contribution in [0.5, 0.6) is 0 Å². The van der Waals surface area contributed by atoms with Crippen LogP contribution in [0.4, 0.5) is 87.8 Å². The van der Waals surface area contributed by atoms with Crippen LogP contribution in [-0.2, 0) is 4.74 Å². The molecule has 0 radical (unpaired) electrons. The monoisotopic (exact) mass is 546 g/mol. The van der Waals surface area contributed by atoms with Gasteiger partial charge in [0.25, 0.3) is 0 Å². The van der Waals surface area contributed by atoms with Crippen molar-refractivity contribution in [1.29, 1.82) is 0 Å². The summed E-state index contributed by atoms with van der Waals surface area (Å²) in [5.74, 6) is -27.8. The van der Waals surface area contributed by atoms with Gasteiger partial charge < -0.3 is 4.74 Å². The van der Waals surface area contributed by atoms with Crippen LogP contribution in [-0.4, -0.2) is 60.6 Å². The number of hydrogen-bond acceptors (Lipinski definition) is 1. The lowest BCUT2D eigenvalue weighted by atomic mass is 10.00. The fourth-order valence-electron chi connectivity index (χ4n) is 1.78. The molecular weight excluding hydrogens is 540 g/mol. The Kier molecular flexibility index (Phi) is 8.27. The van der Waals surface area contributed by atoms with E-state index < -0.39 is 73.4 Å². The van der Waals surface area contributed by atoms with Crippen LogP contribution in [0.1, 0.15) is 12.8 Å². The van der Waals surface area contributed by atoms with Crippen LogP contribution in [0.3, 0.4) is 0 Å². The molecule has 2 atom stereocenters. The summed E-state index contributed by atoms with van der Waals surface area (Å²) in [6.45, 7) is 0. The van der Waals surface area contributed by atoms with E-state index in [1.54, 1.807) is 0 Å². The topological polar surface area (TPSA) is 9.23 Å². The lowest BCUT2D eigenvalue weighted by molar-refractivity contribution is -0.380. The Morgan fingerprint density at radius 2 is 0.576 bits per heavy atom. The van der Waals surface area contributed by atoms with Gasteiger partial charge in [0.05, 0.1) is 12.8 Å². The molecule has 0 N–H and O–H groups in total. The molecule has 0 spiro atoms. The molecule has 0 aromatic heterocycles. The minimum absolute atomic E-state index is 2.60. The van der Waals surface area contributed by atoms with Crippen molar-refractivity contribution in [2.24, 2.45) is 0 Å². The fourth-order valence-corrected chi connectivity index (χ4v) is 1.78. The Balaban J connectivity index is 6.71. The van der Waals surface area contributed by atoms with Gasteiger partial charge >= 0.3 is 48.4 Å². The molecule has 0 saturated heterocycles. The first-order chi connectivity index (χ1) is 13.9. The average molecular weight is 546 g/mol. The number of rotatable bonds is 8. The molecule has 2 unspecified atom stereocenters. The normalized spacial score (nSPS) is 17.8. The first kappa shape index (κ1) is 31.6. The van der Waals surface area contributed by atoms with E-state index in [1.165, 1.54) is 0 Å². The first-order valence-corrected chi connectivity index (χ1v) is 7.35. The van der Waals surface area contributed by atoms with E-state index in [2.05, 4.69) is 4.74 Å². The van der Waals surface area contributed by atoms with Gasteiger partial charge in [0, 0.05) is 0 Å². The van der Waals surface area contributed by atoms with Gasteiger partial charge in [-0.15, -0.1) is 0 Å². The van der Waals surface area contributed by atoms with Crippen molar-refractivity contribution in [3.05, 3.63) is 0 Å². The Morgan fingerprint density at radius 3 is 0.727 bits per heavy atom. The summed E-state index contributed by atoms with van der Waals surface area (Å²) in [7, 11) is 0. The summed E-state index contributed by atoms with van der Waals surface area (Å²) in [5.41, 5.74) is 0. The van der Waals surface area contributed by atoms with E-state index in [4.69, 9.17) is 0 Å². The summed E-state index contributed by atoms with van der Waals surface area (Å²) in [4.78, 5) is 0. The smallest absolute Gasteiger partial charge is 0.361 e. The molecule has 0 heterocycles. The van der Waals surface area contributed by atoms with E-state index in [-0.39, 0.29) is 0 Å². The third kappa shape index (κ3) is 6.80. The summed E-state index contributed by atoms with van der Waals surface area (Å²) >= 11 is 0. The number of alkyl halides is 20. The fraction of sp³-hybridized carbons (Fsp3) is 1.00. The molecule has 0 aromatic rings. The highest BCUT2D eigenvalue weighted by atomic mass is 19.4. The zero-order valence-corrected chi connectivity index (χ0v) is 14.5. The summed E-state index contributed by atoms with van der Waals surface area (Å²) in [6.07, 6.45) is -47.8. The van der Waals surface area contributed by atoms with Gasteiger partial charge in [-0.2, -0.15) is 87.8 Å². The Bertz CT molecular complexity index is 592. The predicted molar refractivity (Wildman–Crippen MR) is 61.9 cm³/mol. The average Bonchev–Trinajstić information content (AvgIpc) is 2.48. The molecular formula is C12H6F20O. The summed E-state index contributed by atoms with van der Waals surface area (Å²) in [6, 6.07) is 0. The van der Waals surface area contributed by atoms with Crippen LogP contribution in [0.25, 0.3) is 0 Å². The van der Waals surface area contributed by atoms with Crippen molar-refractivity contribution in [2.75, 3.05) is 0 Å². The Morgan fingerprint density at radius 1 is 0.364 bits per heavy atom. The maximum Gasteiger partial charge on any atom is 0.456 e. The van der Waals surface area contributed by atoms with E-state index in [0.717, 1.165) is 0 Å². The lowest BCUT2D eigenvalue weighted by Gasteiger charge is -2.37. The highest BCUT2D eigenvalue weighted by molar-refractivity contribution is 4.96. The number of halogens is 20. The van der Waals surface area contributed by atoms with Crippen LogP contribution in [0, 0.1) is 0 Å². The Labute approximate surface area is 167 Å². The van der Waals surface area contributed by atoms with Gasteiger partial charge in [-0.25, -0.2) is 0 Å². The van der Waals surface area contributed by atoms with E-state index in [0.29, 0.717) is 0 Å². The van der Waals surface area contributed by atoms with Crippen LogP contribution >= 0.6 is 0 Å². The summed E-state index contributed by atoms with van der Waals surface area (Å²) < 4.78 is 255. The quantitative estimate of drug-likeness (QED) is 0.291. The standard InChI is InChI=1S/C12H6F20O/c13-5(14,9(21,22)23)1-3(7(17,18)11(27,28)29)33-4(8(19,20)12(30,31)32)2-6(15,16)10(24,25)26/h3-4H,1-2H2. The predicted octanol–water partition coefficient (Wildman–Crippen LogP) is 7.31. The minimum Gasteiger partial charge on any atom is -0.361 e. The van der Waals surface area contributed by atoms with E-state index >= 15 is 0 Å². The molecule has 0 saturated carbocycles. The first-order valence-electron chi connectivity index (χ1n) is 7.35. The zero-order valence-electron chi connectivity index (χ0n) is 14.5. The molecule has 0 aliphatic rings. The SMILES string of the molecule is FC(F)(F)C(F)(F)CC(OC(CC(F)(F)C(F)(F)F)C(F)(F)C(F)(F)F)C(F)(F)C(F)(F)F. The molecule has 33 heavy (non-hydrogen) atoms. The van der Waals surface area contributed by atoms with Crippen molar-refractivity contribution in [1.82, 2.24) is 0 Å². The second-order valence-corrected chi connectivity index (χ2v) is 6.17. The molecule has 0 aliphatic carbocycles. The molecule has 0 rings (SSSR count). The van der Waals surface area contributed by atoms with Gasteiger partial charge in [-0.3, -0.25) is 0 Å². The van der Waals surface area contributed by atoms with Crippen molar-refractivity contribution in [3.8, 4) is 0 Å². The molecule has 0 amide bonds. The van der Waals surface area contributed by atoms with Gasteiger partial charge in [-0.05, 0) is 0 Å². The van der Waals surface area contributed by atoms with Gasteiger partial charge in [0.2, 0.25) is 0 Å². The van der Waals surface area contributed by atoms with Crippen LogP contribution in [0.15, 0.2) is 0 Å².